The Balaban J connectivity index is 0.00000240. The normalized spacial score (nSPS) is 20.2. The van der Waals surface area contributed by atoms with Crippen LogP contribution in [0.3, 0.4) is 0 Å². The zero-order chi connectivity index (χ0) is 19.6. The van der Waals surface area contributed by atoms with Crippen LogP contribution in [0.5, 0.6) is 0 Å². The fourth-order valence-electron chi connectivity index (χ4n) is 3.86. The van der Waals surface area contributed by atoms with E-state index in [2.05, 4.69) is 60.8 Å². The molecule has 2 fully saturated rings. The first-order valence-corrected chi connectivity index (χ1v) is 10.5. The van der Waals surface area contributed by atoms with Gasteiger partial charge in [0.25, 0.3) is 0 Å². The molecule has 8 heteroatoms. The largest absolute Gasteiger partial charge is 0.356 e. The monoisotopic (exact) mass is 573 g/mol. The maximum Gasteiger partial charge on any atom is 0.191 e. The van der Waals surface area contributed by atoms with Crippen molar-refractivity contribution in [3.05, 3.63) is 58.4 Å². The third-order valence-corrected chi connectivity index (χ3v) is 6.17. The van der Waals surface area contributed by atoms with E-state index in [9.17, 15) is 4.39 Å². The Kier molecular flexibility index (Phi) is 7.37. The summed E-state index contributed by atoms with van der Waals surface area (Å²) < 4.78 is 15.1. The SMILES string of the molecule is CN=C(NCC1(c2cccc(Br)c2)CC1)NC1CCN(c2ncccc2F)C1.I. The summed E-state index contributed by atoms with van der Waals surface area (Å²) in [5.74, 6) is 0.964. The molecule has 29 heavy (non-hydrogen) atoms. The average Bonchev–Trinajstić information content (AvgIpc) is 3.36. The number of halogens is 3. The van der Waals surface area contributed by atoms with Gasteiger partial charge < -0.3 is 15.5 Å². The molecule has 0 spiro atoms. The molecule has 1 saturated carbocycles. The number of hydrogen-bond donors (Lipinski definition) is 2. The van der Waals surface area contributed by atoms with Gasteiger partial charge in [0.2, 0.25) is 0 Å². The fraction of sp³-hybridized carbons (Fsp3) is 0.429. The van der Waals surface area contributed by atoms with Crippen LogP contribution in [0.4, 0.5) is 10.2 Å². The Hall–Kier alpha value is -1.42. The lowest BCUT2D eigenvalue weighted by atomic mass is 9.96. The molecule has 2 heterocycles. The highest BCUT2D eigenvalue weighted by molar-refractivity contribution is 14.0. The van der Waals surface area contributed by atoms with Gasteiger partial charge in [-0.3, -0.25) is 4.99 Å². The second-order valence-corrected chi connectivity index (χ2v) is 8.52. The zero-order valence-electron chi connectivity index (χ0n) is 16.4. The molecule has 1 aliphatic heterocycles. The van der Waals surface area contributed by atoms with Crippen LogP contribution in [-0.4, -0.2) is 43.7 Å². The number of nitrogens with one attached hydrogen (secondary N) is 2. The molecule has 1 aromatic carbocycles. The van der Waals surface area contributed by atoms with E-state index in [0.717, 1.165) is 29.9 Å². The summed E-state index contributed by atoms with van der Waals surface area (Å²) in [5.41, 5.74) is 1.56. The van der Waals surface area contributed by atoms with Crippen molar-refractivity contribution < 1.29 is 4.39 Å². The smallest absolute Gasteiger partial charge is 0.191 e. The van der Waals surface area contributed by atoms with Gasteiger partial charge in [-0.1, -0.05) is 28.1 Å². The Morgan fingerprint density at radius 2 is 2.17 bits per heavy atom. The summed E-state index contributed by atoms with van der Waals surface area (Å²) in [4.78, 5) is 10.6. The lowest BCUT2D eigenvalue weighted by Gasteiger charge is -2.22. The van der Waals surface area contributed by atoms with Crippen molar-refractivity contribution in [2.24, 2.45) is 4.99 Å². The van der Waals surface area contributed by atoms with E-state index in [4.69, 9.17) is 0 Å². The van der Waals surface area contributed by atoms with Crippen LogP contribution < -0.4 is 15.5 Å². The summed E-state index contributed by atoms with van der Waals surface area (Å²) in [6.07, 6.45) is 4.93. The summed E-state index contributed by atoms with van der Waals surface area (Å²) in [6.45, 7) is 2.35. The molecular weight excluding hydrogens is 548 g/mol. The molecule has 2 aliphatic rings. The number of anilines is 1. The van der Waals surface area contributed by atoms with Crippen LogP contribution in [-0.2, 0) is 5.41 Å². The van der Waals surface area contributed by atoms with Gasteiger partial charge in [0.05, 0.1) is 0 Å². The number of nitrogens with zero attached hydrogens (tertiary/aromatic N) is 3. The number of rotatable bonds is 5. The third-order valence-electron chi connectivity index (χ3n) is 5.68. The van der Waals surface area contributed by atoms with E-state index >= 15 is 0 Å². The van der Waals surface area contributed by atoms with Gasteiger partial charge in [0.15, 0.2) is 17.6 Å². The minimum Gasteiger partial charge on any atom is -0.356 e. The number of hydrogen-bond acceptors (Lipinski definition) is 3. The maximum atomic E-state index is 14.0. The highest BCUT2D eigenvalue weighted by atomic mass is 127. The van der Waals surface area contributed by atoms with Gasteiger partial charge in [-0.05, 0) is 49.1 Å². The molecule has 1 unspecified atom stereocenters. The van der Waals surface area contributed by atoms with Crippen LogP contribution in [0.25, 0.3) is 0 Å². The molecule has 1 aliphatic carbocycles. The van der Waals surface area contributed by atoms with Gasteiger partial charge in [0, 0.05) is 48.8 Å². The third kappa shape index (κ3) is 5.20. The number of aliphatic imine (C=N–C) groups is 1. The number of aromatic nitrogens is 1. The highest BCUT2D eigenvalue weighted by Gasteiger charge is 2.44. The fourth-order valence-corrected chi connectivity index (χ4v) is 4.26. The van der Waals surface area contributed by atoms with Gasteiger partial charge in [0.1, 0.15) is 0 Å². The number of pyridine rings is 1. The van der Waals surface area contributed by atoms with Crippen molar-refractivity contribution >= 4 is 51.7 Å². The highest BCUT2D eigenvalue weighted by Crippen LogP contribution is 2.48. The molecule has 4 rings (SSSR count). The first kappa shape index (κ1) is 22.3. The lowest BCUT2D eigenvalue weighted by Crippen LogP contribution is -2.46. The summed E-state index contributed by atoms with van der Waals surface area (Å²) in [6, 6.07) is 11.9. The molecule has 2 N–H and O–H groups in total. The van der Waals surface area contributed by atoms with Crippen LogP contribution >= 0.6 is 39.9 Å². The second kappa shape index (κ2) is 9.59. The first-order valence-electron chi connectivity index (χ1n) is 9.68. The van der Waals surface area contributed by atoms with Crippen molar-refractivity contribution in [2.75, 3.05) is 31.6 Å². The zero-order valence-corrected chi connectivity index (χ0v) is 20.3. The molecule has 156 valence electrons. The van der Waals surface area contributed by atoms with Gasteiger partial charge >= 0.3 is 0 Å². The van der Waals surface area contributed by atoms with Crippen molar-refractivity contribution in [3.63, 3.8) is 0 Å². The summed E-state index contributed by atoms with van der Waals surface area (Å²) in [7, 11) is 1.79. The molecular formula is C21H26BrFIN5. The van der Waals surface area contributed by atoms with Crippen molar-refractivity contribution in [1.29, 1.82) is 0 Å². The predicted molar refractivity (Wildman–Crippen MR) is 130 cm³/mol. The summed E-state index contributed by atoms with van der Waals surface area (Å²) >= 11 is 3.57. The Labute approximate surface area is 196 Å². The topological polar surface area (TPSA) is 52.6 Å². The molecule has 5 nitrogen and oxygen atoms in total. The lowest BCUT2D eigenvalue weighted by molar-refractivity contribution is 0.606. The Morgan fingerprint density at radius 1 is 1.34 bits per heavy atom. The van der Waals surface area contributed by atoms with Crippen LogP contribution in [0.2, 0.25) is 0 Å². The standard InChI is InChI=1S/C21H25BrFN5.HI/c1-24-20(26-14-21(8-9-21)15-4-2-5-16(22)12-15)27-17-7-11-28(13-17)19-18(23)6-3-10-25-19;/h2-6,10,12,17H,7-9,11,13-14H2,1H3,(H2,24,26,27);1H. The number of guanidine groups is 1. The minimum atomic E-state index is -0.268. The van der Waals surface area contributed by atoms with Gasteiger partial charge in [-0.2, -0.15) is 0 Å². The molecule has 0 bridgehead atoms. The van der Waals surface area contributed by atoms with Crippen LogP contribution in [0.15, 0.2) is 52.1 Å². The van der Waals surface area contributed by atoms with Crippen molar-refractivity contribution in [2.45, 2.75) is 30.7 Å². The van der Waals surface area contributed by atoms with E-state index < -0.39 is 0 Å². The summed E-state index contributed by atoms with van der Waals surface area (Å²) in [5, 5.41) is 6.98. The van der Waals surface area contributed by atoms with Crippen molar-refractivity contribution in [3.8, 4) is 0 Å². The van der Waals surface area contributed by atoms with E-state index in [1.165, 1.54) is 24.5 Å². The predicted octanol–water partition coefficient (Wildman–Crippen LogP) is 4.08. The minimum absolute atomic E-state index is 0. The van der Waals surface area contributed by atoms with Gasteiger partial charge in [-0.15, -0.1) is 24.0 Å². The second-order valence-electron chi connectivity index (χ2n) is 7.60. The van der Waals surface area contributed by atoms with E-state index in [-0.39, 0.29) is 41.3 Å². The van der Waals surface area contributed by atoms with Crippen LogP contribution in [0.1, 0.15) is 24.8 Å². The Morgan fingerprint density at radius 3 is 2.86 bits per heavy atom. The van der Waals surface area contributed by atoms with E-state index in [1.807, 2.05) is 4.90 Å². The quantitative estimate of drug-likeness (QED) is 0.322. The van der Waals surface area contributed by atoms with Crippen molar-refractivity contribution in [1.82, 2.24) is 15.6 Å². The molecule has 1 atom stereocenters. The average molecular weight is 574 g/mol. The first-order chi connectivity index (χ1) is 13.6. The molecule has 2 aromatic rings. The van der Waals surface area contributed by atoms with Crippen LogP contribution in [0, 0.1) is 5.82 Å². The molecule has 0 radical (unpaired) electrons. The molecule has 1 aromatic heterocycles. The van der Waals surface area contributed by atoms with E-state index in [0.29, 0.717) is 12.4 Å². The Bertz CT molecular complexity index is 874. The van der Waals surface area contributed by atoms with E-state index in [1.54, 1.807) is 19.3 Å². The van der Waals surface area contributed by atoms with Gasteiger partial charge in [-0.25, -0.2) is 9.37 Å². The molecule has 0 amide bonds. The maximum absolute atomic E-state index is 14.0. The number of benzene rings is 1. The molecule has 1 saturated heterocycles.